The van der Waals surface area contributed by atoms with Crippen LogP contribution in [0.3, 0.4) is 0 Å². The van der Waals surface area contributed by atoms with Crippen LogP contribution in [0.4, 0.5) is 0 Å². The Morgan fingerprint density at radius 2 is 2.05 bits per heavy atom. The molecule has 22 heavy (non-hydrogen) atoms. The van der Waals surface area contributed by atoms with Gasteiger partial charge in [-0.3, -0.25) is 0 Å². The van der Waals surface area contributed by atoms with E-state index in [-0.39, 0.29) is 6.04 Å². The van der Waals surface area contributed by atoms with Gasteiger partial charge in [-0.25, -0.2) is 0 Å². The fourth-order valence-electron chi connectivity index (χ4n) is 3.53. The van der Waals surface area contributed by atoms with Gasteiger partial charge in [-0.05, 0) is 46.9 Å². The summed E-state index contributed by atoms with van der Waals surface area (Å²) in [5, 5.41) is 18.5. The molecule has 0 amide bonds. The molecular formula is C17H19N5. The number of nitrogens with zero attached hydrogens (tertiary/aromatic N) is 4. The van der Waals surface area contributed by atoms with Gasteiger partial charge in [0.2, 0.25) is 0 Å². The number of fused-ring (bicyclic) bond motifs is 1. The molecule has 1 fully saturated rings. The molecule has 1 aliphatic rings. The summed E-state index contributed by atoms with van der Waals surface area (Å²) in [6.07, 6.45) is 3.90. The third-order valence-electron chi connectivity index (χ3n) is 4.54. The fourth-order valence-corrected chi connectivity index (χ4v) is 3.53. The molecule has 1 N–H and O–H groups in total. The molecule has 5 heteroatoms. The van der Waals surface area contributed by atoms with Crippen molar-refractivity contribution in [2.24, 2.45) is 5.92 Å². The first-order chi connectivity index (χ1) is 10.9. The second-order valence-electron chi connectivity index (χ2n) is 5.88. The zero-order chi connectivity index (χ0) is 14.8. The van der Waals surface area contributed by atoms with Crippen LogP contribution in [-0.4, -0.2) is 33.3 Å². The van der Waals surface area contributed by atoms with Gasteiger partial charge in [-0.2, -0.15) is 4.80 Å². The highest BCUT2D eigenvalue weighted by molar-refractivity contribution is 5.86. The van der Waals surface area contributed by atoms with Gasteiger partial charge in [0.15, 0.2) is 6.33 Å². The average molecular weight is 293 g/mol. The van der Waals surface area contributed by atoms with Crippen molar-refractivity contribution in [2.75, 3.05) is 13.1 Å². The van der Waals surface area contributed by atoms with Crippen LogP contribution in [0.5, 0.6) is 0 Å². The number of hydrogen-bond acceptors (Lipinski definition) is 4. The van der Waals surface area contributed by atoms with Crippen LogP contribution in [0, 0.1) is 5.92 Å². The molecule has 4 rings (SSSR count). The lowest BCUT2D eigenvalue weighted by Gasteiger charge is -2.30. The largest absolute Gasteiger partial charge is 0.316 e. The average Bonchev–Trinajstić information content (AvgIpc) is 3.11. The van der Waals surface area contributed by atoms with Crippen molar-refractivity contribution in [3.63, 3.8) is 0 Å². The molecule has 0 spiro atoms. The van der Waals surface area contributed by atoms with Crippen LogP contribution in [0.15, 0.2) is 48.8 Å². The molecule has 2 atom stereocenters. The van der Waals surface area contributed by atoms with E-state index in [2.05, 4.69) is 63.2 Å². The minimum Gasteiger partial charge on any atom is -0.316 e. The van der Waals surface area contributed by atoms with Crippen LogP contribution in [0.25, 0.3) is 10.8 Å². The number of nitrogens with one attached hydrogen (secondary N) is 1. The fraction of sp³-hybridized carbons (Fsp3) is 0.353. The monoisotopic (exact) mass is 293 g/mol. The molecule has 1 aromatic heterocycles. The summed E-state index contributed by atoms with van der Waals surface area (Å²) >= 11 is 0. The Kier molecular flexibility index (Phi) is 3.56. The second kappa shape index (κ2) is 5.85. The molecule has 112 valence electrons. The lowest BCUT2D eigenvalue weighted by molar-refractivity contribution is 0.262. The maximum absolute atomic E-state index is 4.34. The lowest BCUT2D eigenvalue weighted by atomic mass is 9.85. The normalized spacial score (nSPS) is 20.1. The van der Waals surface area contributed by atoms with Crippen molar-refractivity contribution >= 4 is 10.8 Å². The number of rotatable bonds is 3. The molecule has 2 aromatic carbocycles. The molecule has 1 saturated heterocycles. The third kappa shape index (κ3) is 2.37. The van der Waals surface area contributed by atoms with Gasteiger partial charge in [-0.15, -0.1) is 10.2 Å². The van der Waals surface area contributed by atoms with Gasteiger partial charge in [0.25, 0.3) is 0 Å². The molecule has 0 bridgehead atoms. The SMILES string of the molecule is c1ccc2c(C([C@H]3CCCNC3)n3ncnn3)cccc2c1. The van der Waals surface area contributed by atoms with Crippen molar-refractivity contribution in [3.8, 4) is 0 Å². The second-order valence-corrected chi connectivity index (χ2v) is 5.88. The first-order valence-corrected chi connectivity index (χ1v) is 7.84. The van der Waals surface area contributed by atoms with Crippen LogP contribution in [0.2, 0.25) is 0 Å². The van der Waals surface area contributed by atoms with E-state index in [9.17, 15) is 0 Å². The quantitative estimate of drug-likeness (QED) is 0.806. The predicted octanol–water partition coefficient (Wildman–Crippen LogP) is 2.42. The molecule has 0 aliphatic carbocycles. The van der Waals surface area contributed by atoms with E-state index < -0.39 is 0 Å². The third-order valence-corrected chi connectivity index (χ3v) is 4.54. The minimum absolute atomic E-state index is 0.126. The number of hydrogen-bond donors (Lipinski definition) is 1. The summed E-state index contributed by atoms with van der Waals surface area (Å²) in [5.74, 6) is 0.480. The highest BCUT2D eigenvalue weighted by atomic mass is 15.6. The number of benzene rings is 2. The van der Waals surface area contributed by atoms with Gasteiger partial charge in [0.1, 0.15) is 6.04 Å². The summed E-state index contributed by atoms with van der Waals surface area (Å²) in [7, 11) is 0. The summed E-state index contributed by atoms with van der Waals surface area (Å²) in [6.45, 7) is 2.10. The summed E-state index contributed by atoms with van der Waals surface area (Å²) < 4.78 is 0. The molecule has 0 saturated carbocycles. The topological polar surface area (TPSA) is 55.6 Å². The Labute approximate surface area is 129 Å². The Morgan fingerprint density at radius 3 is 2.86 bits per heavy atom. The molecule has 1 unspecified atom stereocenters. The van der Waals surface area contributed by atoms with Crippen molar-refractivity contribution in [1.82, 2.24) is 25.5 Å². The van der Waals surface area contributed by atoms with Crippen LogP contribution >= 0.6 is 0 Å². The van der Waals surface area contributed by atoms with E-state index in [1.54, 1.807) is 4.80 Å². The summed E-state index contributed by atoms with van der Waals surface area (Å²) in [5.41, 5.74) is 1.28. The molecule has 1 aliphatic heterocycles. The molecular weight excluding hydrogens is 274 g/mol. The Bertz CT molecular complexity index is 741. The first-order valence-electron chi connectivity index (χ1n) is 7.84. The van der Waals surface area contributed by atoms with Crippen LogP contribution < -0.4 is 5.32 Å². The van der Waals surface area contributed by atoms with Crippen LogP contribution in [-0.2, 0) is 0 Å². The van der Waals surface area contributed by atoms with E-state index in [0.717, 1.165) is 13.1 Å². The van der Waals surface area contributed by atoms with Gasteiger partial charge < -0.3 is 5.32 Å². The number of tetrazole rings is 1. The van der Waals surface area contributed by atoms with E-state index in [1.807, 2.05) is 0 Å². The smallest absolute Gasteiger partial charge is 0.162 e. The van der Waals surface area contributed by atoms with Crippen molar-refractivity contribution in [2.45, 2.75) is 18.9 Å². The Morgan fingerprint density at radius 1 is 1.14 bits per heavy atom. The summed E-state index contributed by atoms with van der Waals surface area (Å²) in [6, 6.07) is 15.1. The standard InChI is InChI=1S/C17H19N5/c1-2-8-15-13(5-1)6-3-9-16(15)17(22-20-12-19-21-22)14-7-4-10-18-11-14/h1-3,5-6,8-9,12,14,17-18H,4,7,10-11H2/t14-,17?/m0/s1. The molecule has 2 heterocycles. The van der Waals surface area contributed by atoms with E-state index in [1.165, 1.54) is 35.5 Å². The zero-order valence-corrected chi connectivity index (χ0v) is 12.4. The summed E-state index contributed by atoms with van der Waals surface area (Å²) in [4.78, 5) is 1.78. The highest BCUT2D eigenvalue weighted by Crippen LogP contribution is 2.34. The molecule has 5 nitrogen and oxygen atoms in total. The zero-order valence-electron chi connectivity index (χ0n) is 12.4. The minimum atomic E-state index is 0.126. The number of piperidine rings is 1. The Balaban J connectivity index is 1.85. The van der Waals surface area contributed by atoms with Crippen molar-refractivity contribution in [3.05, 3.63) is 54.4 Å². The molecule has 3 aromatic rings. The van der Waals surface area contributed by atoms with E-state index in [0.29, 0.717) is 5.92 Å². The van der Waals surface area contributed by atoms with Gasteiger partial charge in [-0.1, -0.05) is 42.5 Å². The van der Waals surface area contributed by atoms with Crippen molar-refractivity contribution in [1.29, 1.82) is 0 Å². The lowest BCUT2D eigenvalue weighted by Crippen LogP contribution is -2.36. The van der Waals surface area contributed by atoms with Gasteiger partial charge in [0.05, 0.1) is 0 Å². The predicted molar refractivity (Wildman–Crippen MR) is 85.5 cm³/mol. The number of aromatic nitrogens is 4. The highest BCUT2D eigenvalue weighted by Gasteiger charge is 2.29. The van der Waals surface area contributed by atoms with E-state index >= 15 is 0 Å². The van der Waals surface area contributed by atoms with Gasteiger partial charge >= 0.3 is 0 Å². The van der Waals surface area contributed by atoms with Crippen LogP contribution in [0.1, 0.15) is 24.4 Å². The maximum Gasteiger partial charge on any atom is 0.162 e. The van der Waals surface area contributed by atoms with E-state index in [4.69, 9.17) is 0 Å². The van der Waals surface area contributed by atoms with Crippen molar-refractivity contribution < 1.29 is 0 Å². The Hall–Kier alpha value is -2.27. The maximum atomic E-state index is 4.34. The first kappa shape index (κ1) is 13.4. The van der Waals surface area contributed by atoms with Gasteiger partial charge in [0, 0.05) is 6.54 Å². The molecule has 0 radical (unpaired) electrons.